The van der Waals surface area contributed by atoms with Gasteiger partial charge >= 0.3 is 11.4 Å². The van der Waals surface area contributed by atoms with Crippen molar-refractivity contribution in [2.75, 3.05) is 0 Å². The number of hydrogen-bond donors (Lipinski definition) is 0. The molecule has 4 aliphatic rings. The molecule has 6 heteroatoms. The van der Waals surface area contributed by atoms with Gasteiger partial charge in [-0.15, -0.1) is 0 Å². The summed E-state index contributed by atoms with van der Waals surface area (Å²) in [6.45, 7) is 0. The molecule has 0 N–H and O–H groups in total. The molecule has 3 heterocycles. The summed E-state index contributed by atoms with van der Waals surface area (Å²) in [7, 11) is 0. The van der Waals surface area contributed by atoms with Crippen molar-refractivity contribution in [3.05, 3.63) is 75.6 Å². The van der Waals surface area contributed by atoms with E-state index >= 15 is 0 Å². The van der Waals surface area contributed by atoms with Gasteiger partial charge in [0.1, 0.15) is 0 Å². The van der Waals surface area contributed by atoms with Crippen LogP contribution in [0.1, 0.15) is 6.04 Å². The number of allylic oxidation sites excluding steroid dienone is 4. The van der Waals surface area contributed by atoms with Crippen molar-refractivity contribution in [1.29, 1.82) is 5.26 Å². The number of nitrogens with zero attached hydrogens (tertiary/aromatic N) is 4. The van der Waals surface area contributed by atoms with Crippen molar-refractivity contribution in [2.24, 2.45) is 11.8 Å². The van der Waals surface area contributed by atoms with Crippen molar-refractivity contribution in [1.82, 2.24) is 13.9 Å². The van der Waals surface area contributed by atoms with E-state index in [9.17, 15) is 14.9 Å². The van der Waals surface area contributed by atoms with Gasteiger partial charge in [-0.25, -0.2) is 23.5 Å². The molecule has 0 fully saturated rings. The van der Waals surface area contributed by atoms with E-state index in [2.05, 4.69) is 6.07 Å². The maximum Gasteiger partial charge on any atom is 0.353 e. The lowest BCUT2D eigenvalue weighted by atomic mass is 9.62. The predicted molar refractivity (Wildman–Crippen MR) is 82.2 cm³/mol. The van der Waals surface area contributed by atoms with Crippen molar-refractivity contribution in [2.45, 2.75) is 11.6 Å². The molecule has 0 saturated carbocycles. The Labute approximate surface area is 130 Å². The minimum atomic E-state index is -1.11. The summed E-state index contributed by atoms with van der Waals surface area (Å²) in [4.78, 5) is 25.9. The zero-order chi connectivity index (χ0) is 15.8. The standard InChI is InChI=1S/C17H12N4O2/c18-10-17-9-8-14(12-6-7-13(12)17)20-15(22)19(16(23)21(17)20)11-4-2-1-3-5-11/h1-9,12-14H/t12-,13-,14-,17-/m0/s1. The average Bonchev–Trinajstić information content (AvgIpc) is 2.81. The fraction of sp³-hybridized carbons (Fsp3) is 0.235. The largest absolute Gasteiger partial charge is 0.353 e. The van der Waals surface area contributed by atoms with Crippen LogP contribution in [-0.2, 0) is 5.54 Å². The normalized spacial score (nSPS) is 32.0. The number of rotatable bonds is 1. The fourth-order valence-corrected chi connectivity index (χ4v) is 4.07. The first-order valence-electron chi connectivity index (χ1n) is 7.50. The van der Waals surface area contributed by atoms with Gasteiger partial charge in [0, 0.05) is 11.8 Å². The molecule has 0 saturated heterocycles. The van der Waals surface area contributed by atoms with Crippen molar-refractivity contribution in [3.8, 4) is 11.8 Å². The SMILES string of the molecule is N#C[C@@]12C=C[C@@H]([C@H]3C=C[C@@H]31)n1c(=O)n(-c3ccccc3)c(=O)n12. The predicted octanol–water partition coefficient (Wildman–Crippen LogP) is 0.946. The van der Waals surface area contributed by atoms with E-state index in [1.807, 2.05) is 24.3 Å². The molecule has 0 radical (unpaired) electrons. The Balaban J connectivity index is 1.89. The van der Waals surface area contributed by atoms with Gasteiger partial charge in [-0.3, -0.25) is 0 Å². The number of benzene rings is 1. The number of para-hydroxylation sites is 1. The fourth-order valence-electron chi connectivity index (χ4n) is 4.07. The van der Waals surface area contributed by atoms with Crippen LogP contribution in [0.4, 0.5) is 0 Å². The number of aromatic nitrogens is 3. The van der Waals surface area contributed by atoms with Gasteiger partial charge in [0.25, 0.3) is 0 Å². The molecule has 4 atom stereocenters. The van der Waals surface area contributed by atoms with Crippen LogP contribution in [0.15, 0.2) is 64.2 Å². The quantitative estimate of drug-likeness (QED) is 0.736. The summed E-state index contributed by atoms with van der Waals surface area (Å²) in [5.41, 5.74) is -1.45. The Hall–Kier alpha value is -3.07. The first kappa shape index (κ1) is 12.5. The van der Waals surface area contributed by atoms with Crippen LogP contribution < -0.4 is 11.4 Å². The summed E-state index contributed by atoms with van der Waals surface area (Å²) in [6.07, 6.45) is 7.64. The highest BCUT2D eigenvalue weighted by atomic mass is 16.2. The highest BCUT2D eigenvalue weighted by molar-refractivity contribution is 5.39. The lowest BCUT2D eigenvalue weighted by molar-refractivity contribution is 0.0921. The van der Waals surface area contributed by atoms with Crippen LogP contribution in [0.3, 0.4) is 0 Å². The van der Waals surface area contributed by atoms with Gasteiger partial charge in [0.15, 0.2) is 5.54 Å². The van der Waals surface area contributed by atoms with E-state index in [1.165, 1.54) is 9.36 Å². The van der Waals surface area contributed by atoms with E-state index in [4.69, 9.17) is 0 Å². The number of nitriles is 1. The first-order valence-corrected chi connectivity index (χ1v) is 7.50. The topological polar surface area (TPSA) is 72.7 Å². The second-order valence-corrected chi connectivity index (χ2v) is 6.17. The minimum absolute atomic E-state index is 0.0498. The van der Waals surface area contributed by atoms with Crippen LogP contribution in [0.2, 0.25) is 0 Å². The zero-order valence-electron chi connectivity index (χ0n) is 12.0. The molecule has 2 aromatic rings. The van der Waals surface area contributed by atoms with Gasteiger partial charge in [-0.1, -0.05) is 36.4 Å². The average molecular weight is 304 g/mol. The Morgan fingerprint density at radius 2 is 1.83 bits per heavy atom. The summed E-state index contributed by atoms with van der Waals surface area (Å²) < 4.78 is 3.94. The Bertz CT molecular complexity index is 1050. The van der Waals surface area contributed by atoms with Crippen LogP contribution in [-0.4, -0.2) is 13.9 Å². The van der Waals surface area contributed by atoms with Crippen LogP contribution in [0.25, 0.3) is 5.69 Å². The third-order valence-corrected chi connectivity index (χ3v) is 5.21. The smallest absolute Gasteiger partial charge is 0.245 e. The van der Waals surface area contributed by atoms with Crippen molar-refractivity contribution < 1.29 is 0 Å². The molecule has 2 aliphatic heterocycles. The third kappa shape index (κ3) is 1.21. The van der Waals surface area contributed by atoms with Crippen molar-refractivity contribution >= 4 is 0 Å². The summed E-state index contributed by atoms with van der Waals surface area (Å²) in [5, 5.41) is 9.81. The molecule has 0 amide bonds. The Kier molecular flexibility index (Phi) is 2.07. The van der Waals surface area contributed by atoms with Crippen LogP contribution in [0.5, 0.6) is 0 Å². The van der Waals surface area contributed by atoms with E-state index in [0.717, 1.165) is 4.57 Å². The second kappa shape index (κ2) is 3.82. The maximum atomic E-state index is 13.0. The molecule has 23 heavy (non-hydrogen) atoms. The molecule has 0 unspecified atom stereocenters. The summed E-state index contributed by atoms with van der Waals surface area (Å²) in [6, 6.07) is 10.9. The Morgan fingerprint density at radius 3 is 2.48 bits per heavy atom. The zero-order valence-corrected chi connectivity index (χ0v) is 12.0. The van der Waals surface area contributed by atoms with E-state index < -0.39 is 16.9 Å². The van der Waals surface area contributed by atoms with E-state index in [-0.39, 0.29) is 17.9 Å². The van der Waals surface area contributed by atoms with Gasteiger partial charge < -0.3 is 0 Å². The summed E-state index contributed by atoms with van der Waals surface area (Å²) >= 11 is 0. The lowest BCUT2D eigenvalue weighted by Crippen LogP contribution is -2.60. The third-order valence-electron chi connectivity index (χ3n) is 5.21. The van der Waals surface area contributed by atoms with Gasteiger partial charge in [0.05, 0.1) is 17.8 Å². The molecular formula is C17H12N4O2. The van der Waals surface area contributed by atoms with Gasteiger partial charge in [0.2, 0.25) is 0 Å². The van der Waals surface area contributed by atoms with E-state index in [0.29, 0.717) is 5.69 Å². The lowest BCUT2D eigenvalue weighted by Gasteiger charge is -2.51. The molecular weight excluding hydrogens is 292 g/mol. The van der Waals surface area contributed by atoms with Crippen LogP contribution >= 0.6 is 0 Å². The molecule has 6 rings (SSSR count). The van der Waals surface area contributed by atoms with Gasteiger partial charge in [-0.05, 0) is 18.2 Å². The maximum absolute atomic E-state index is 13.0. The molecule has 2 aliphatic carbocycles. The minimum Gasteiger partial charge on any atom is -0.245 e. The van der Waals surface area contributed by atoms with E-state index in [1.54, 1.807) is 30.3 Å². The first-order chi connectivity index (χ1) is 11.2. The number of hydrogen-bond acceptors (Lipinski definition) is 3. The Morgan fingerprint density at radius 1 is 1.04 bits per heavy atom. The molecule has 6 nitrogen and oxygen atoms in total. The molecule has 1 aromatic heterocycles. The molecule has 1 aromatic carbocycles. The highest BCUT2D eigenvalue weighted by Gasteiger charge is 2.57. The van der Waals surface area contributed by atoms with Crippen LogP contribution in [0, 0.1) is 23.2 Å². The highest BCUT2D eigenvalue weighted by Crippen LogP contribution is 2.52. The molecule has 0 spiro atoms. The monoisotopic (exact) mass is 304 g/mol. The molecule has 2 bridgehead atoms. The van der Waals surface area contributed by atoms with Gasteiger partial charge in [-0.2, -0.15) is 5.26 Å². The van der Waals surface area contributed by atoms with Crippen molar-refractivity contribution in [3.63, 3.8) is 0 Å². The summed E-state index contributed by atoms with van der Waals surface area (Å²) in [5.74, 6) is 0.0506. The second-order valence-electron chi connectivity index (χ2n) is 6.17. The molecule has 112 valence electrons.